The lowest BCUT2D eigenvalue weighted by Gasteiger charge is -2.11. The average Bonchev–Trinajstić information content (AvgIpc) is 3.42. The monoisotopic (exact) mass is 514 g/mol. The summed E-state index contributed by atoms with van der Waals surface area (Å²) >= 11 is 0. The van der Waals surface area contributed by atoms with Gasteiger partial charge >= 0.3 is 0 Å². The number of hydrogen-bond acceptors (Lipinski definition) is 6. The molecular formula is C28H30N6O4. The minimum Gasteiger partial charge on any atom is -0.496 e. The van der Waals surface area contributed by atoms with Crippen LogP contribution >= 0.6 is 0 Å². The number of amides is 2. The molecule has 0 saturated carbocycles. The Labute approximate surface area is 220 Å². The van der Waals surface area contributed by atoms with Gasteiger partial charge in [0.25, 0.3) is 5.91 Å². The number of carbonyl (C=O) groups is 2. The van der Waals surface area contributed by atoms with E-state index in [9.17, 15) is 9.59 Å². The fourth-order valence-corrected chi connectivity index (χ4v) is 3.83. The molecule has 2 N–H and O–H groups in total. The number of rotatable bonds is 9. The van der Waals surface area contributed by atoms with Crippen LogP contribution in [-0.2, 0) is 25.5 Å². The molecule has 0 aliphatic rings. The van der Waals surface area contributed by atoms with Gasteiger partial charge in [0.2, 0.25) is 5.91 Å². The number of nitrogens with zero attached hydrogens (tertiary/aromatic N) is 4. The molecule has 0 aliphatic carbocycles. The molecule has 10 heteroatoms. The average molecular weight is 515 g/mol. The SMILES string of the molecule is COc1ccc(/C=C/C(=O)Nc2cnn(C)c2C(=O)Nc2cnn(C)c2C)cc1COc1cccc(C)c1. The van der Waals surface area contributed by atoms with Crippen LogP contribution < -0.4 is 20.1 Å². The number of aromatic nitrogens is 4. The van der Waals surface area contributed by atoms with Crippen molar-refractivity contribution in [3.05, 3.63) is 89.0 Å². The summed E-state index contributed by atoms with van der Waals surface area (Å²) in [6.45, 7) is 4.16. The highest BCUT2D eigenvalue weighted by atomic mass is 16.5. The Balaban J connectivity index is 1.44. The van der Waals surface area contributed by atoms with E-state index < -0.39 is 11.8 Å². The highest BCUT2D eigenvalue weighted by molar-refractivity contribution is 6.10. The Morgan fingerprint density at radius 2 is 1.74 bits per heavy atom. The number of hydrogen-bond donors (Lipinski definition) is 2. The third-order valence-corrected chi connectivity index (χ3v) is 6.01. The van der Waals surface area contributed by atoms with Gasteiger partial charge in [-0.1, -0.05) is 18.2 Å². The van der Waals surface area contributed by atoms with Crippen molar-refractivity contribution in [2.45, 2.75) is 20.5 Å². The minimum atomic E-state index is -0.409. The Kier molecular flexibility index (Phi) is 7.91. The van der Waals surface area contributed by atoms with E-state index in [4.69, 9.17) is 9.47 Å². The summed E-state index contributed by atoms with van der Waals surface area (Å²) in [4.78, 5) is 25.6. The second kappa shape index (κ2) is 11.5. The highest BCUT2D eigenvalue weighted by Crippen LogP contribution is 2.24. The topological polar surface area (TPSA) is 112 Å². The summed E-state index contributed by atoms with van der Waals surface area (Å²) in [7, 11) is 5.02. The van der Waals surface area contributed by atoms with Crippen LogP contribution in [0.15, 0.2) is 60.9 Å². The standard InChI is InChI=1S/C28H30N6O4/c1-18-7-6-8-22(13-18)38-17-21-14-20(9-11-25(21)37-5)10-12-26(35)31-24-16-30-34(4)27(24)28(36)32-23-15-29-33(3)19(23)2/h6-16H,17H2,1-5H3,(H,31,35)(H,32,36)/b12-10+. The molecule has 196 valence electrons. The molecule has 2 heterocycles. The molecule has 0 spiro atoms. The second-order valence-electron chi connectivity index (χ2n) is 8.75. The fourth-order valence-electron chi connectivity index (χ4n) is 3.83. The first-order valence-corrected chi connectivity index (χ1v) is 11.9. The Bertz CT molecular complexity index is 1500. The van der Waals surface area contributed by atoms with E-state index in [0.29, 0.717) is 23.7 Å². The van der Waals surface area contributed by atoms with E-state index in [1.54, 1.807) is 38.2 Å². The third kappa shape index (κ3) is 6.09. The van der Waals surface area contributed by atoms with Crippen molar-refractivity contribution in [2.75, 3.05) is 17.7 Å². The molecule has 0 fully saturated rings. The number of methoxy groups -OCH3 is 1. The predicted octanol–water partition coefficient (Wildman–Crippen LogP) is 4.26. The first-order valence-electron chi connectivity index (χ1n) is 11.9. The lowest BCUT2D eigenvalue weighted by atomic mass is 10.1. The molecule has 0 aliphatic heterocycles. The minimum absolute atomic E-state index is 0.218. The van der Waals surface area contributed by atoms with Crippen molar-refractivity contribution < 1.29 is 19.1 Å². The first kappa shape index (κ1) is 26.2. The van der Waals surface area contributed by atoms with Crippen LogP contribution in [-0.4, -0.2) is 38.5 Å². The number of aryl methyl sites for hydroxylation is 3. The zero-order chi connectivity index (χ0) is 27.2. The van der Waals surface area contributed by atoms with E-state index in [-0.39, 0.29) is 5.69 Å². The smallest absolute Gasteiger partial charge is 0.276 e. The summed E-state index contributed by atoms with van der Waals surface area (Å²) in [6, 6.07) is 13.4. The molecule has 0 radical (unpaired) electrons. The Morgan fingerprint density at radius 1 is 0.974 bits per heavy atom. The van der Waals surface area contributed by atoms with Crippen LogP contribution in [0.1, 0.15) is 32.9 Å². The van der Waals surface area contributed by atoms with Gasteiger partial charge in [-0.15, -0.1) is 0 Å². The molecule has 0 bridgehead atoms. The summed E-state index contributed by atoms with van der Waals surface area (Å²) in [6.07, 6.45) is 6.08. The van der Waals surface area contributed by atoms with E-state index in [2.05, 4.69) is 20.8 Å². The first-order chi connectivity index (χ1) is 18.2. The highest BCUT2D eigenvalue weighted by Gasteiger charge is 2.19. The zero-order valence-corrected chi connectivity index (χ0v) is 22.0. The van der Waals surface area contributed by atoms with Crippen molar-refractivity contribution in [3.63, 3.8) is 0 Å². The van der Waals surface area contributed by atoms with Crippen LogP contribution in [0.2, 0.25) is 0 Å². The van der Waals surface area contributed by atoms with Crippen LogP contribution in [0.5, 0.6) is 11.5 Å². The lowest BCUT2D eigenvalue weighted by Crippen LogP contribution is -2.19. The van der Waals surface area contributed by atoms with Crippen molar-refractivity contribution >= 4 is 29.3 Å². The van der Waals surface area contributed by atoms with Gasteiger partial charge in [-0.2, -0.15) is 10.2 Å². The number of nitrogens with one attached hydrogen (secondary N) is 2. The van der Waals surface area contributed by atoms with Gasteiger partial charge < -0.3 is 20.1 Å². The third-order valence-electron chi connectivity index (χ3n) is 6.01. The maximum atomic E-state index is 12.9. The molecule has 0 saturated heterocycles. The van der Waals surface area contributed by atoms with Crippen molar-refractivity contribution in [1.29, 1.82) is 0 Å². The molecule has 0 unspecified atom stereocenters. The molecule has 0 atom stereocenters. The van der Waals surface area contributed by atoms with Crippen LogP contribution in [0.25, 0.3) is 6.08 Å². The summed E-state index contributed by atoms with van der Waals surface area (Å²) in [5.74, 6) is 0.642. The van der Waals surface area contributed by atoms with Gasteiger partial charge in [-0.05, 0) is 55.3 Å². The quantitative estimate of drug-likeness (QED) is 0.323. The van der Waals surface area contributed by atoms with Gasteiger partial charge in [0, 0.05) is 25.7 Å². The molecule has 4 aromatic rings. The van der Waals surface area contributed by atoms with Gasteiger partial charge in [0.1, 0.15) is 23.8 Å². The summed E-state index contributed by atoms with van der Waals surface area (Å²) in [5.41, 5.74) is 4.64. The molecular weight excluding hydrogens is 484 g/mol. The van der Waals surface area contributed by atoms with Crippen molar-refractivity contribution in [1.82, 2.24) is 19.6 Å². The predicted molar refractivity (Wildman–Crippen MR) is 145 cm³/mol. The van der Waals surface area contributed by atoms with E-state index in [1.165, 1.54) is 17.0 Å². The fraction of sp³-hybridized carbons (Fsp3) is 0.214. The van der Waals surface area contributed by atoms with Gasteiger partial charge in [-0.25, -0.2) is 0 Å². The van der Waals surface area contributed by atoms with Crippen molar-refractivity contribution in [3.8, 4) is 11.5 Å². The largest absolute Gasteiger partial charge is 0.496 e. The van der Waals surface area contributed by atoms with E-state index >= 15 is 0 Å². The second-order valence-corrected chi connectivity index (χ2v) is 8.75. The zero-order valence-electron chi connectivity index (χ0n) is 22.0. The number of carbonyl (C=O) groups excluding carboxylic acids is 2. The molecule has 2 amide bonds. The number of ether oxygens (including phenoxy) is 2. The molecule has 2 aromatic heterocycles. The maximum Gasteiger partial charge on any atom is 0.276 e. The summed E-state index contributed by atoms with van der Waals surface area (Å²) in [5, 5.41) is 13.8. The number of anilines is 2. The van der Waals surface area contributed by atoms with Gasteiger partial charge in [-0.3, -0.25) is 19.0 Å². The molecule has 2 aromatic carbocycles. The van der Waals surface area contributed by atoms with Gasteiger partial charge in [0.15, 0.2) is 0 Å². The normalized spacial score (nSPS) is 11.0. The van der Waals surface area contributed by atoms with Crippen LogP contribution in [0.4, 0.5) is 11.4 Å². The molecule has 38 heavy (non-hydrogen) atoms. The molecule has 10 nitrogen and oxygen atoms in total. The lowest BCUT2D eigenvalue weighted by molar-refractivity contribution is -0.111. The van der Waals surface area contributed by atoms with Crippen LogP contribution in [0.3, 0.4) is 0 Å². The Morgan fingerprint density at radius 3 is 2.45 bits per heavy atom. The van der Waals surface area contributed by atoms with Crippen molar-refractivity contribution in [2.24, 2.45) is 14.1 Å². The molecule has 4 rings (SSSR count). The van der Waals surface area contributed by atoms with E-state index in [1.807, 2.05) is 56.3 Å². The van der Waals surface area contributed by atoms with Crippen LogP contribution in [0, 0.1) is 13.8 Å². The number of benzene rings is 2. The van der Waals surface area contributed by atoms with E-state index in [0.717, 1.165) is 28.1 Å². The maximum absolute atomic E-state index is 12.9. The Hall–Kier alpha value is -4.86. The summed E-state index contributed by atoms with van der Waals surface area (Å²) < 4.78 is 14.5. The van der Waals surface area contributed by atoms with Gasteiger partial charge in [0.05, 0.1) is 36.6 Å².